The molecule has 4 rings (SSSR count). The summed E-state index contributed by atoms with van der Waals surface area (Å²) in [5.74, 6) is 0. The number of aryl methyl sites for hydroxylation is 1. The first-order valence-corrected chi connectivity index (χ1v) is 11.4. The monoisotopic (exact) mass is 521 g/mol. The Bertz CT molecular complexity index is 1360. The standard InChI is InChI=1S/C14H12ClNO.C13H9ClN2O3/c1-10-6-2-3-7-11(10)12-8-4-5-9-13(12)16-14(15)17;14-13(17)15(10-4-2-1-3-5-10)11-6-8-12(9-7-11)16(18)19/h2-9H,1H3,(H,16,17);1-9H. The van der Waals surface area contributed by atoms with Crippen LogP contribution in [0.5, 0.6) is 0 Å². The molecule has 0 saturated carbocycles. The third-order valence-electron chi connectivity index (χ3n) is 5.10. The van der Waals surface area contributed by atoms with Crippen molar-refractivity contribution in [1.82, 2.24) is 0 Å². The zero-order valence-electron chi connectivity index (χ0n) is 19.1. The van der Waals surface area contributed by atoms with E-state index < -0.39 is 15.7 Å². The number of carbonyl (C=O) groups is 2. The minimum absolute atomic E-state index is 0.0428. The van der Waals surface area contributed by atoms with Gasteiger partial charge in [0.2, 0.25) is 0 Å². The Labute approximate surface area is 218 Å². The van der Waals surface area contributed by atoms with Crippen LogP contribution in [0.15, 0.2) is 103 Å². The second-order valence-electron chi connectivity index (χ2n) is 7.46. The van der Waals surface area contributed by atoms with Crippen molar-refractivity contribution in [3.8, 4) is 11.1 Å². The van der Waals surface area contributed by atoms with E-state index in [1.807, 2.05) is 61.5 Å². The number of nitro groups is 1. The molecule has 4 aromatic carbocycles. The van der Waals surface area contributed by atoms with Crippen LogP contribution < -0.4 is 10.2 Å². The van der Waals surface area contributed by atoms with E-state index in [0.29, 0.717) is 11.4 Å². The van der Waals surface area contributed by atoms with Gasteiger partial charge in [0.15, 0.2) is 0 Å². The van der Waals surface area contributed by atoms with Crippen LogP contribution in [0.4, 0.5) is 32.3 Å². The van der Waals surface area contributed by atoms with Crippen LogP contribution in [0.1, 0.15) is 5.56 Å². The molecule has 0 aliphatic rings. The van der Waals surface area contributed by atoms with E-state index in [4.69, 9.17) is 23.2 Å². The Morgan fingerprint density at radius 3 is 1.83 bits per heavy atom. The molecule has 36 heavy (non-hydrogen) atoms. The zero-order valence-corrected chi connectivity index (χ0v) is 20.6. The molecule has 2 amide bonds. The topological polar surface area (TPSA) is 92.6 Å². The Balaban J connectivity index is 0.000000202. The number of nitro benzene ring substituents is 1. The Kier molecular flexibility index (Phi) is 9.16. The Morgan fingerprint density at radius 2 is 1.28 bits per heavy atom. The number of para-hydroxylation sites is 2. The van der Waals surface area contributed by atoms with Gasteiger partial charge in [0, 0.05) is 23.4 Å². The molecule has 182 valence electrons. The van der Waals surface area contributed by atoms with Crippen LogP contribution in [-0.2, 0) is 0 Å². The molecule has 7 nitrogen and oxygen atoms in total. The van der Waals surface area contributed by atoms with Gasteiger partial charge in [-0.1, -0.05) is 60.7 Å². The first kappa shape index (κ1) is 26.4. The molecule has 0 bridgehead atoms. The van der Waals surface area contributed by atoms with Crippen LogP contribution >= 0.6 is 23.2 Å². The van der Waals surface area contributed by atoms with Gasteiger partial charge in [0.25, 0.3) is 5.69 Å². The molecule has 0 saturated heterocycles. The summed E-state index contributed by atoms with van der Waals surface area (Å²) in [7, 11) is 0. The maximum absolute atomic E-state index is 11.5. The first-order valence-electron chi connectivity index (χ1n) is 10.7. The number of halogens is 2. The van der Waals surface area contributed by atoms with Gasteiger partial charge in [0.1, 0.15) is 0 Å². The van der Waals surface area contributed by atoms with E-state index in [-0.39, 0.29) is 5.69 Å². The molecule has 0 spiro atoms. The predicted molar refractivity (Wildman–Crippen MR) is 144 cm³/mol. The number of hydrogen-bond acceptors (Lipinski definition) is 4. The van der Waals surface area contributed by atoms with E-state index in [9.17, 15) is 19.7 Å². The maximum atomic E-state index is 11.5. The number of non-ortho nitro benzene ring substituents is 1. The van der Waals surface area contributed by atoms with Gasteiger partial charge in [0.05, 0.1) is 16.3 Å². The minimum Gasteiger partial charge on any atom is -0.312 e. The fraction of sp³-hybridized carbons (Fsp3) is 0.0370. The van der Waals surface area contributed by atoms with Gasteiger partial charge in [-0.25, -0.2) is 0 Å². The summed E-state index contributed by atoms with van der Waals surface area (Å²) in [6.45, 7) is 2.04. The molecule has 0 atom stereocenters. The first-order chi connectivity index (χ1) is 17.3. The summed E-state index contributed by atoms with van der Waals surface area (Å²) in [6, 6.07) is 30.0. The van der Waals surface area contributed by atoms with Crippen LogP contribution in [-0.4, -0.2) is 15.7 Å². The largest absolute Gasteiger partial charge is 0.325 e. The van der Waals surface area contributed by atoms with Crippen molar-refractivity contribution >= 4 is 56.7 Å². The van der Waals surface area contributed by atoms with Gasteiger partial charge in [-0.3, -0.25) is 24.6 Å². The summed E-state index contributed by atoms with van der Waals surface area (Å²) < 4.78 is 0. The van der Waals surface area contributed by atoms with E-state index >= 15 is 0 Å². The Morgan fingerprint density at radius 1 is 0.750 bits per heavy atom. The lowest BCUT2D eigenvalue weighted by Crippen LogP contribution is -2.19. The van der Waals surface area contributed by atoms with E-state index in [1.54, 1.807) is 24.3 Å². The Hall–Kier alpha value is -4.20. The lowest BCUT2D eigenvalue weighted by atomic mass is 9.99. The molecule has 0 aliphatic carbocycles. The average molecular weight is 522 g/mol. The number of nitrogens with zero attached hydrogens (tertiary/aromatic N) is 2. The molecular formula is C27H21Cl2N3O4. The van der Waals surface area contributed by atoms with Gasteiger partial charge in [-0.15, -0.1) is 0 Å². The van der Waals surface area contributed by atoms with E-state index in [2.05, 4.69) is 5.32 Å². The lowest BCUT2D eigenvalue weighted by molar-refractivity contribution is -0.384. The smallest absolute Gasteiger partial charge is 0.312 e. The fourth-order valence-electron chi connectivity index (χ4n) is 3.46. The van der Waals surface area contributed by atoms with Crippen LogP contribution in [0, 0.1) is 17.0 Å². The summed E-state index contributed by atoms with van der Waals surface area (Å²) >= 11 is 10.9. The van der Waals surface area contributed by atoms with E-state index in [0.717, 1.165) is 22.4 Å². The number of rotatable bonds is 5. The molecule has 0 aliphatic heterocycles. The number of benzene rings is 4. The molecule has 0 unspecified atom stereocenters. The highest BCUT2D eigenvalue weighted by molar-refractivity contribution is 6.67. The summed E-state index contributed by atoms with van der Waals surface area (Å²) in [5.41, 5.74) is 4.96. The summed E-state index contributed by atoms with van der Waals surface area (Å²) in [4.78, 5) is 33.8. The average Bonchev–Trinajstić information content (AvgIpc) is 2.86. The van der Waals surface area contributed by atoms with Crippen molar-refractivity contribution < 1.29 is 14.5 Å². The highest BCUT2D eigenvalue weighted by Gasteiger charge is 2.16. The molecule has 0 heterocycles. The normalized spacial score (nSPS) is 9.97. The molecule has 0 fully saturated rings. The van der Waals surface area contributed by atoms with E-state index in [1.165, 1.54) is 29.2 Å². The molecular weight excluding hydrogens is 501 g/mol. The summed E-state index contributed by atoms with van der Waals surface area (Å²) in [5, 5.41) is 12.0. The molecule has 9 heteroatoms. The number of nitrogens with one attached hydrogen (secondary N) is 1. The number of anilines is 3. The lowest BCUT2D eigenvalue weighted by Gasteiger charge is -2.19. The number of carbonyl (C=O) groups excluding carboxylic acids is 2. The van der Waals surface area contributed by atoms with Crippen molar-refractivity contribution in [3.05, 3.63) is 119 Å². The third-order valence-corrected chi connectivity index (χ3v) is 5.37. The van der Waals surface area contributed by atoms with Crippen molar-refractivity contribution in [1.29, 1.82) is 0 Å². The van der Waals surface area contributed by atoms with Crippen LogP contribution in [0.3, 0.4) is 0 Å². The molecule has 4 aromatic rings. The van der Waals surface area contributed by atoms with Crippen molar-refractivity contribution in [2.24, 2.45) is 0 Å². The third kappa shape index (κ3) is 6.91. The highest BCUT2D eigenvalue weighted by Crippen LogP contribution is 2.30. The van der Waals surface area contributed by atoms with Gasteiger partial charge in [-0.05, 0) is 71.6 Å². The number of hydrogen-bond donors (Lipinski definition) is 1. The predicted octanol–water partition coefficient (Wildman–Crippen LogP) is 8.52. The molecule has 0 aromatic heterocycles. The van der Waals surface area contributed by atoms with Gasteiger partial charge < -0.3 is 5.32 Å². The van der Waals surface area contributed by atoms with Gasteiger partial charge >= 0.3 is 10.7 Å². The second kappa shape index (κ2) is 12.5. The SMILES string of the molecule is Cc1ccccc1-c1ccccc1NC(=O)Cl.O=C(Cl)N(c1ccccc1)c1ccc([N+](=O)[O-])cc1. The number of amides is 2. The molecule has 0 radical (unpaired) electrons. The quantitative estimate of drug-likeness (QED) is 0.123. The fourth-order valence-corrected chi connectivity index (χ4v) is 3.76. The maximum Gasteiger partial charge on any atom is 0.325 e. The minimum atomic E-state index is -0.681. The van der Waals surface area contributed by atoms with Crippen molar-refractivity contribution in [2.45, 2.75) is 6.92 Å². The molecule has 1 N–H and O–H groups in total. The zero-order chi connectivity index (χ0) is 26.1. The highest BCUT2D eigenvalue weighted by atomic mass is 35.5. The van der Waals surface area contributed by atoms with Crippen LogP contribution in [0.25, 0.3) is 11.1 Å². The van der Waals surface area contributed by atoms with Crippen LogP contribution in [0.2, 0.25) is 0 Å². The van der Waals surface area contributed by atoms with Gasteiger partial charge in [-0.2, -0.15) is 0 Å². The van der Waals surface area contributed by atoms with Crippen molar-refractivity contribution in [2.75, 3.05) is 10.2 Å². The van der Waals surface area contributed by atoms with Crippen molar-refractivity contribution in [3.63, 3.8) is 0 Å². The second-order valence-corrected chi connectivity index (χ2v) is 8.12. The summed E-state index contributed by atoms with van der Waals surface area (Å²) in [6.07, 6.45) is 0.